The Morgan fingerprint density at radius 1 is 1.44 bits per heavy atom. The summed E-state index contributed by atoms with van der Waals surface area (Å²) in [6.45, 7) is 3.98. The third-order valence-electron chi connectivity index (χ3n) is 2.41. The van der Waals surface area contributed by atoms with Crippen LogP contribution in [0.2, 0.25) is 0 Å². The second-order valence-electron chi connectivity index (χ2n) is 3.68. The molecular formula is C12H17NO3. The molecule has 88 valence electrons. The predicted molar refractivity (Wildman–Crippen MR) is 61.3 cm³/mol. The second kappa shape index (κ2) is 6.12. The maximum atomic E-state index is 10.5. The Bertz CT molecular complexity index is 352. The summed E-state index contributed by atoms with van der Waals surface area (Å²) in [6, 6.07) is 7.03. The zero-order chi connectivity index (χ0) is 12.0. The highest BCUT2D eigenvalue weighted by Crippen LogP contribution is 2.12. The van der Waals surface area contributed by atoms with Crippen molar-refractivity contribution in [3.05, 3.63) is 29.8 Å². The molecule has 1 aromatic rings. The van der Waals surface area contributed by atoms with Gasteiger partial charge in [-0.05, 0) is 24.2 Å². The number of aromatic hydroxyl groups is 1. The van der Waals surface area contributed by atoms with Gasteiger partial charge in [-0.25, -0.2) is 0 Å². The summed E-state index contributed by atoms with van der Waals surface area (Å²) < 4.78 is 0. The van der Waals surface area contributed by atoms with E-state index in [1.165, 1.54) is 0 Å². The SMILES string of the molecule is CCN(CCC(=O)O)Cc1cccc(O)c1. The minimum atomic E-state index is -0.783. The van der Waals surface area contributed by atoms with Crippen molar-refractivity contribution in [1.82, 2.24) is 4.90 Å². The average molecular weight is 223 g/mol. The molecular weight excluding hydrogens is 206 g/mol. The molecule has 0 heterocycles. The van der Waals surface area contributed by atoms with Crippen LogP contribution >= 0.6 is 0 Å². The van der Waals surface area contributed by atoms with Crippen LogP contribution in [0.3, 0.4) is 0 Å². The molecule has 0 aromatic heterocycles. The summed E-state index contributed by atoms with van der Waals surface area (Å²) in [5.41, 5.74) is 0.993. The van der Waals surface area contributed by atoms with E-state index in [0.717, 1.165) is 12.1 Å². The summed E-state index contributed by atoms with van der Waals surface area (Å²) >= 11 is 0. The van der Waals surface area contributed by atoms with E-state index < -0.39 is 5.97 Å². The number of aliphatic carboxylic acids is 1. The van der Waals surface area contributed by atoms with Gasteiger partial charge < -0.3 is 10.2 Å². The maximum Gasteiger partial charge on any atom is 0.304 e. The largest absolute Gasteiger partial charge is 0.508 e. The first-order chi connectivity index (χ1) is 7.61. The molecule has 1 aromatic carbocycles. The number of benzene rings is 1. The first-order valence-corrected chi connectivity index (χ1v) is 5.34. The predicted octanol–water partition coefficient (Wildman–Crippen LogP) is 1.69. The fourth-order valence-electron chi connectivity index (χ4n) is 1.52. The molecule has 4 nitrogen and oxygen atoms in total. The van der Waals surface area contributed by atoms with E-state index in [1.54, 1.807) is 18.2 Å². The molecule has 16 heavy (non-hydrogen) atoms. The standard InChI is InChI=1S/C12H17NO3/c1-2-13(7-6-12(15)16)9-10-4-3-5-11(14)8-10/h3-5,8,14H,2,6-7,9H2,1H3,(H,15,16). The van der Waals surface area contributed by atoms with Crippen LogP contribution in [0.4, 0.5) is 0 Å². The van der Waals surface area contributed by atoms with E-state index in [1.807, 2.05) is 17.9 Å². The first kappa shape index (κ1) is 12.5. The quantitative estimate of drug-likeness (QED) is 0.770. The average Bonchev–Trinajstić information content (AvgIpc) is 2.24. The van der Waals surface area contributed by atoms with Gasteiger partial charge in [0.2, 0.25) is 0 Å². The van der Waals surface area contributed by atoms with Crippen molar-refractivity contribution in [3.63, 3.8) is 0 Å². The molecule has 0 aliphatic heterocycles. The van der Waals surface area contributed by atoms with Crippen molar-refractivity contribution in [1.29, 1.82) is 0 Å². The van der Waals surface area contributed by atoms with Gasteiger partial charge in [-0.1, -0.05) is 19.1 Å². The molecule has 0 amide bonds. The van der Waals surface area contributed by atoms with Gasteiger partial charge in [0.25, 0.3) is 0 Å². The number of rotatable bonds is 6. The highest BCUT2D eigenvalue weighted by atomic mass is 16.4. The van der Waals surface area contributed by atoms with Gasteiger partial charge in [-0.15, -0.1) is 0 Å². The number of hydrogen-bond donors (Lipinski definition) is 2. The van der Waals surface area contributed by atoms with Gasteiger partial charge in [0.1, 0.15) is 5.75 Å². The van der Waals surface area contributed by atoms with E-state index >= 15 is 0 Å². The first-order valence-electron chi connectivity index (χ1n) is 5.34. The van der Waals surface area contributed by atoms with Crippen molar-refractivity contribution in [2.75, 3.05) is 13.1 Å². The van der Waals surface area contributed by atoms with E-state index in [2.05, 4.69) is 0 Å². The Kier molecular flexibility index (Phi) is 4.79. The van der Waals surface area contributed by atoms with E-state index in [0.29, 0.717) is 13.1 Å². The highest BCUT2D eigenvalue weighted by molar-refractivity contribution is 5.66. The van der Waals surface area contributed by atoms with Crippen molar-refractivity contribution >= 4 is 5.97 Å². The Hall–Kier alpha value is -1.55. The molecule has 2 N–H and O–H groups in total. The van der Waals surface area contributed by atoms with Gasteiger partial charge in [0.05, 0.1) is 6.42 Å². The monoisotopic (exact) mass is 223 g/mol. The van der Waals surface area contributed by atoms with E-state index in [4.69, 9.17) is 5.11 Å². The zero-order valence-electron chi connectivity index (χ0n) is 9.39. The third kappa shape index (κ3) is 4.31. The van der Waals surface area contributed by atoms with Crippen LogP contribution in [0.5, 0.6) is 5.75 Å². The summed E-state index contributed by atoms with van der Waals surface area (Å²) in [4.78, 5) is 12.5. The molecule has 0 aliphatic carbocycles. The minimum absolute atomic E-state index is 0.145. The van der Waals surface area contributed by atoms with Crippen LogP contribution in [0.15, 0.2) is 24.3 Å². The zero-order valence-corrected chi connectivity index (χ0v) is 9.39. The molecule has 0 saturated heterocycles. The van der Waals surface area contributed by atoms with Gasteiger partial charge in [0.15, 0.2) is 0 Å². The van der Waals surface area contributed by atoms with Crippen molar-refractivity contribution in [2.24, 2.45) is 0 Å². The van der Waals surface area contributed by atoms with Gasteiger partial charge in [0, 0.05) is 13.1 Å². The number of carboxylic acids is 1. The molecule has 0 aliphatic rings. The van der Waals surface area contributed by atoms with Crippen LogP contribution in [0, 0.1) is 0 Å². The Morgan fingerprint density at radius 2 is 2.19 bits per heavy atom. The van der Waals surface area contributed by atoms with Gasteiger partial charge in [-0.3, -0.25) is 9.69 Å². The van der Waals surface area contributed by atoms with Crippen LogP contribution in [-0.4, -0.2) is 34.2 Å². The van der Waals surface area contributed by atoms with Gasteiger partial charge >= 0.3 is 5.97 Å². The van der Waals surface area contributed by atoms with Crippen molar-refractivity contribution in [3.8, 4) is 5.75 Å². The number of phenolic OH excluding ortho intramolecular Hbond substituents is 1. The van der Waals surface area contributed by atoms with Crippen LogP contribution < -0.4 is 0 Å². The Balaban J connectivity index is 2.52. The smallest absolute Gasteiger partial charge is 0.304 e. The number of hydrogen-bond acceptors (Lipinski definition) is 3. The molecule has 4 heteroatoms. The fraction of sp³-hybridized carbons (Fsp3) is 0.417. The maximum absolute atomic E-state index is 10.5. The molecule has 0 unspecified atom stereocenters. The second-order valence-corrected chi connectivity index (χ2v) is 3.68. The Labute approximate surface area is 95.1 Å². The third-order valence-corrected chi connectivity index (χ3v) is 2.41. The summed E-state index contributed by atoms with van der Waals surface area (Å²) in [6.07, 6.45) is 0.145. The van der Waals surface area contributed by atoms with E-state index in [-0.39, 0.29) is 12.2 Å². The normalized spacial score (nSPS) is 10.6. The summed E-state index contributed by atoms with van der Waals surface area (Å²) in [5, 5.41) is 17.9. The number of nitrogens with zero attached hydrogens (tertiary/aromatic N) is 1. The molecule has 0 fully saturated rings. The molecule has 0 saturated carbocycles. The lowest BCUT2D eigenvalue weighted by molar-refractivity contribution is -0.137. The minimum Gasteiger partial charge on any atom is -0.508 e. The molecule has 0 atom stereocenters. The lowest BCUT2D eigenvalue weighted by atomic mass is 10.2. The van der Waals surface area contributed by atoms with Gasteiger partial charge in [-0.2, -0.15) is 0 Å². The molecule has 1 rings (SSSR count). The van der Waals surface area contributed by atoms with Crippen LogP contribution in [0.1, 0.15) is 18.9 Å². The summed E-state index contributed by atoms with van der Waals surface area (Å²) in [7, 11) is 0. The number of phenols is 1. The molecule has 0 bridgehead atoms. The van der Waals surface area contributed by atoms with Crippen molar-refractivity contribution < 1.29 is 15.0 Å². The summed E-state index contributed by atoms with van der Waals surface area (Å²) in [5.74, 6) is -0.541. The lowest BCUT2D eigenvalue weighted by Crippen LogP contribution is -2.25. The fourth-order valence-corrected chi connectivity index (χ4v) is 1.52. The van der Waals surface area contributed by atoms with E-state index in [9.17, 15) is 9.90 Å². The van der Waals surface area contributed by atoms with Crippen LogP contribution in [-0.2, 0) is 11.3 Å². The number of carbonyl (C=O) groups is 1. The lowest BCUT2D eigenvalue weighted by Gasteiger charge is -2.19. The van der Waals surface area contributed by atoms with Crippen molar-refractivity contribution in [2.45, 2.75) is 19.9 Å². The topological polar surface area (TPSA) is 60.8 Å². The Morgan fingerprint density at radius 3 is 2.75 bits per heavy atom. The highest BCUT2D eigenvalue weighted by Gasteiger charge is 2.06. The molecule has 0 radical (unpaired) electrons. The van der Waals surface area contributed by atoms with Crippen LogP contribution in [0.25, 0.3) is 0 Å². The molecule has 0 spiro atoms. The number of carboxylic acid groups (broad SMARTS) is 1.